The molecule has 0 unspecified atom stereocenters. The molecule has 0 spiro atoms. The van der Waals surface area contributed by atoms with Crippen LogP contribution in [-0.4, -0.2) is 31.9 Å². The molecule has 12 nitrogen and oxygen atoms in total. The number of carbonyl (C=O) groups excluding carboxylic acids is 1. The lowest BCUT2D eigenvalue weighted by Gasteiger charge is -2.01. The number of fused-ring (bicyclic) bond motifs is 1. The molecule has 0 fully saturated rings. The van der Waals surface area contributed by atoms with E-state index >= 15 is 0 Å². The number of carbonyl (C=O) groups is 1. The Hall–Kier alpha value is -4.61. The van der Waals surface area contributed by atoms with Gasteiger partial charge in [0.15, 0.2) is 6.54 Å². The summed E-state index contributed by atoms with van der Waals surface area (Å²) in [6.07, 6.45) is 3.25. The number of hydrazone groups is 1. The summed E-state index contributed by atoms with van der Waals surface area (Å²) in [5, 5.41) is 22.2. The van der Waals surface area contributed by atoms with Gasteiger partial charge in [-0.05, 0) is 31.5 Å². The molecule has 4 aromatic rings. The van der Waals surface area contributed by atoms with Gasteiger partial charge in [-0.3, -0.25) is 19.7 Å². The van der Waals surface area contributed by atoms with Gasteiger partial charge in [-0.2, -0.15) is 5.10 Å². The fourth-order valence-electron chi connectivity index (χ4n) is 3.50. The van der Waals surface area contributed by atoms with E-state index in [1.165, 1.54) is 27.8 Å². The molecule has 0 saturated carbocycles. The predicted molar refractivity (Wildman–Crippen MR) is 117 cm³/mol. The van der Waals surface area contributed by atoms with Crippen LogP contribution in [0.3, 0.4) is 0 Å². The number of nitrogens with zero attached hydrogens (tertiary/aromatic N) is 5. The molecule has 4 rings (SSSR count). The molecule has 3 aromatic heterocycles. The van der Waals surface area contributed by atoms with Crippen LogP contribution in [0.1, 0.15) is 23.9 Å². The van der Waals surface area contributed by atoms with E-state index in [-0.39, 0.29) is 23.3 Å². The largest absolute Gasteiger partial charge is 0.455 e. The van der Waals surface area contributed by atoms with Crippen LogP contribution in [0.4, 0.5) is 5.69 Å². The van der Waals surface area contributed by atoms with Crippen LogP contribution in [0.5, 0.6) is 0 Å². The normalized spacial score (nSPS) is 11.3. The molecule has 1 amide bonds. The minimum absolute atomic E-state index is 0.0793. The maximum absolute atomic E-state index is 12.7. The third-order valence-electron chi connectivity index (χ3n) is 5.02. The van der Waals surface area contributed by atoms with Crippen LogP contribution in [0.2, 0.25) is 0 Å². The maximum atomic E-state index is 12.7. The number of nitrogens with one attached hydrogen (secondary N) is 2. The molecule has 0 bridgehead atoms. The Bertz CT molecular complexity index is 1450. The Morgan fingerprint density at radius 3 is 2.91 bits per heavy atom. The number of nitro groups is 1. The van der Waals surface area contributed by atoms with Gasteiger partial charge in [-0.25, -0.2) is 10.5 Å². The zero-order valence-electron chi connectivity index (χ0n) is 17.8. The molecular formula is C21H20N7O5+. The second-order valence-corrected chi connectivity index (χ2v) is 7.15. The van der Waals surface area contributed by atoms with Crippen molar-refractivity contribution in [2.24, 2.45) is 5.10 Å². The van der Waals surface area contributed by atoms with E-state index in [1.54, 1.807) is 30.3 Å². The fraction of sp³-hybridized carbons (Fsp3) is 0.190. The van der Waals surface area contributed by atoms with Crippen LogP contribution in [0.15, 0.2) is 57.0 Å². The van der Waals surface area contributed by atoms with E-state index in [0.717, 1.165) is 5.69 Å². The molecule has 3 heterocycles. The average Bonchev–Trinajstić information content (AvgIpc) is 3.41. The van der Waals surface area contributed by atoms with Gasteiger partial charge in [0, 0.05) is 22.4 Å². The van der Waals surface area contributed by atoms with Crippen LogP contribution in [-0.2, 0) is 17.8 Å². The summed E-state index contributed by atoms with van der Waals surface area (Å²) < 4.78 is 8.35. The van der Waals surface area contributed by atoms with Gasteiger partial charge < -0.3 is 4.42 Å². The van der Waals surface area contributed by atoms with Crippen LogP contribution in [0, 0.1) is 17.0 Å². The van der Waals surface area contributed by atoms with Crippen molar-refractivity contribution in [1.29, 1.82) is 0 Å². The Morgan fingerprint density at radius 2 is 2.15 bits per heavy atom. The third-order valence-corrected chi connectivity index (χ3v) is 5.02. The number of nitro benzene ring substituents is 1. The highest BCUT2D eigenvalue weighted by Gasteiger charge is 2.22. The van der Waals surface area contributed by atoms with Gasteiger partial charge in [0.05, 0.1) is 16.7 Å². The molecule has 33 heavy (non-hydrogen) atoms. The summed E-state index contributed by atoms with van der Waals surface area (Å²) in [5.41, 5.74) is 4.03. The van der Waals surface area contributed by atoms with Crippen molar-refractivity contribution >= 4 is 23.5 Å². The number of aromatic nitrogens is 4. The van der Waals surface area contributed by atoms with Gasteiger partial charge in [0.1, 0.15) is 11.5 Å². The molecule has 0 aliphatic heterocycles. The van der Waals surface area contributed by atoms with E-state index in [9.17, 15) is 19.7 Å². The highest BCUT2D eigenvalue weighted by atomic mass is 16.6. The van der Waals surface area contributed by atoms with Gasteiger partial charge in [-0.1, -0.05) is 23.7 Å². The summed E-state index contributed by atoms with van der Waals surface area (Å²) in [5.74, 6) is 0.0970. The molecule has 2 N–H and O–H groups in total. The Morgan fingerprint density at radius 1 is 1.36 bits per heavy atom. The van der Waals surface area contributed by atoms with Crippen LogP contribution >= 0.6 is 0 Å². The highest BCUT2D eigenvalue weighted by Crippen LogP contribution is 2.30. The predicted octanol–water partition coefficient (Wildman–Crippen LogP) is 1.50. The zero-order valence-corrected chi connectivity index (χ0v) is 17.8. The molecule has 0 radical (unpaired) electrons. The van der Waals surface area contributed by atoms with Crippen molar-refractivity contribution in [2.75, 3.05) is 0 Å². The summed E-state index contributed by atoms with van der Waals surface area (Å²) >= 11 is 0. The third kappa shape index (κ3) is 4.26. The van der Waals surface area contributed by atoms with Gasteiger partial charge >= 0.3 is 5.65 Å². The Labute approximate surface area is 186 Å². The number of H-pyrrole nitrogens is 1. The Kier molecular flexibility index (Phi) is 5.81. The van der Waals surface area contributed by atoms with E-state index in [1.807, 2.05) is 13.8 Å². The number of amides is 1. The summed E-state index contributed by atoms with van der Waals surface area (Å²) in [7, 11) is 0. The quantitative estimate of drug-likeness (QED) is 0.188. The second kappa shape index (κ2) is 8.86. The standard InChI is InChI=1S/C21H19N7O5/c1-3-15-13(2)25-27-12-23-26(21(27)20(15)30)11-19(29)24-22-10-14-8-9-18(33-14)16-6-4-5-7-17(16)28(31)32/h4-10,12H,3,11H2,1-2H3,(H-,24,25,29,30)/p+1/b22-10+. The SMILES string of the molecule is CCc1c(C)[nH][n+]2cnn(CC(=O)N/N=C/c3ccc(-c4ccccc4[N+](=O)[O-])o3)c2c1=O. The number of para-hydroxylation sites is 1. The topological polar surface area (TPSA) is 153 Å². The van der Waals surface area contributed by atoms with E-state index in [2.05, 4.69) is 20.7 Å². The molecule has 1 aromatic carbocycles. The molecule has 168 valence electrons. The van der Waals surface area contributed by atoms with Crippen molar-refractivity contribution in [3.05, 3.63) is 80.1 Å². The molecule has 0 aliphatic carbocycles. The van der Waals surface area contributed by atoms with Crippen molar-refractivity contribution in [3.8, 4) is 11.3 Å². The number of furan rings is 1. The lowest BCUT2D eigenvalue weighted by Crippen LogP contribution is -2.36. The molecule has 0 aliphatic rings. The average molecular weight is 450 g/mol. The highest BCUT2D eigenvalue weighted by molar-refractivity contribution is 5.81. The molecule has 0 atom stereocenters. The monoisotopic (exact) mass is 450 g/mol. The second-order valence-electron chi connectivity index (χ2n) is 7.15. The first-order valence-corrected chi connectivity index (χ1v) is 10.0. The number of rotatable bonds is 7. The fourth-order valence-corrected chi connectivity index (χ4v) is 3.50. The summed E-state index contributed by atoms with van der Waals surface area (Å²) in [6.45, 7) is 3.47. The van der Waals surface area contributed by atoms with Crippen LogP contribution in [0.25, 0.3) is 17.0 Å². The van der Waals surface area contributed by atoms with Crippen molar-refractivity contribution in [3.63, 3.8) is 0 Å². The first-order valence-electron chi connectivity index (χ1n) is 10.0. The first-order chi connectivity index (χ1) is 15.9. The summed E-state index contributed by atoms with van der Waals surface area (Å²) in [4.78, 5) is 35.7. The number of hydrogen-bond acceptors (Lipinski definition) is 7. The molecular weight excluding hydrogens is 430 g/mol. The first kappa shape index (κ1) is 21.6. The lowest BCUT2D eigenvalue weighted by atomic mass is 10.1. The molecule has 0 saturated heterocycles. The van der Waals surface area contributed by atoms with Gasteiger partial charge in [0.25, 0.3) is 23.4 Å². The zero-order chi connectivity index (χ0) is 23.5. The van der Waals surface area contributed by atoms with Crippen molar-refractivity contribution in [1.82, 2.24) is 20.3 Å². The maximum Gasteiger partial charge on any atom is 0.331 e. The minimum Gasteiger partial charge on any atom is -0.455 e. The van der Waals surface area contributed by atoms with E-state index in [0.29, 0.717) is 29.1 Å². The summed E-state index contributed by atoms with van der Waals surface area (Å²) in [6, 6.07) is 9.37. The Balaban J connectivity index is 1.46. The van der Waals surface area contributed by atoms with E-state index in [4.69, 9.17) is 4.42 Å². The smallest absolute Gasteiger partial charge is 0.331 e. The lowest BCUT2D eigenvalue weighted by molar-refractivity contribution is -0.582. The number of aryl methyl sites for hydroxylation is 1. The van der Waals surface area contributed by atoms with Gasteiger partial charge in [0.2, 0.25) is 0 Å². The van der Waals surface area contributed by atoms with Crippen molar-refractivity contribution in [2.45, 2.75) is 26.8 Å². The molecule has 12 heteroatoms. The van der Waals surface area contributed by atoms with E-state index < -0.39 is 10.8 Å². The van der Waals surface area contributed by atoms with Crippen LogP contribution < -0.4 is 15.4 Å². The van der Waals surface area contributed by atoms with Gasteiger partial charge in [-0.15, -0.1) is 4.52 Å². The number of hydrogen-bond donors (Lipinski definition) is 2. The van der Waals surface area contributed by atoms with Crippen molar-refractivity contribution < 1.29 is 18.7 Å². The number of benzene rings is 1. The minimum atomic E-state index is -0.500. The number of aromatic amines is 1.